The van der Waals surface area contributed by atoms with Crippen LogP contribution < -0.4 is 15.8 Å². The van der Waals surface area contributed by atoms with E-state index in [2.05, 4.69) is 15.3 Å². The second-order valence-electron chi connectivity index (χ2n) is 8.88. The number of piperidine rings is 1. The largest absolute Gasteiger partial charge is 0.507 e. The molecule has 2 aromatic heterocycles. The van der Waals surface area contributed by atoms with Crippen molar-refractivity contribution in [3.8, 4) is 28.1 Å². The number of aromatic hydroxyl groups is 1. The number of benzene rings is 1. The van der Waals surface area contributed by atoms with Crippen molar-refractivity contribution in [1.29, 1.82) is 0 Å². The van der Waals surface area contributed by atoms with Crippen LogP contribution in [0.4, 0.5) is 14.6 Å². The van der Waals surface area contributed by atoms with E-state index in [1.807, 2.05) is 11.9 Å². The van der Waals surface area contributed by atoms with Crippen LogP contribution in [0.15, 0.2) is 47.7 Å². The van der Waals surface area contributed by atoms with Gasteiger partial charge in [0.15, 0.2) is 0 Å². The van der Waals surface area contributed by atoms with Crippen molar-refractivity contribution in [2.75, 3.05) is 11.9 Å². The second-order valence-corrected chi connectivity index (χ2v) is 8.88. The van der Waals surface area contributed by atoms with Crippen LogP contribution in [0.5, 0.6) is 5.75 Å². The highest BCUT2D eigenvalue weighted by atomic mass is 19.1. The molecule has 2 bridgehead atoms. The number of rotatable bonds is 4. The third-order valence-corrected chi connectivity index (χ3v) is 6.83. The summed E-state index contributed by atoms with van der Waals surface area (Å²) in [4.78, 5) is 22.5. The van der Waals surface area contributed by atoms with Crippen LogP contribution in [0, 0.1) is 5.82 Å². The third-order valence-electron chi connectivity index (χ3n) is 6.83. The zero-order valence-electron chi connectivity index (χ0n) is 18.4. The zero-order valence-corrected chi connectivity index (χ0v) is 18.4. The molecule has 0 spiro atoms. The first-order chi connectivity index (χ1) is 15.8. The van der Waals surface area contributed by atoms with Gasteiger partial charge in [0.25, 0.3) is 5.56 Å². The number of phenolic OH excluding ortho intramolecular Hbond substituents is 1. The smallest absolute Gasteiger partial charge is 0.250 e. The number of hydrogen-bond acceptors (Lipinski definition) is 6. The number of hydrogen-bond donors (Lipinski definition) is 2. The molecule has 0 saturated carbocycles. The van der Waals surface area contributed by atoms with Gasteiger partial charge in [-0.05, 0) is 43.0 Å². The molecule has 33 heavy (non-hydrogen) atoms. The molecule has 4 atom stereocenters. The number of alkyl halides is 1. The Morgan fingerprint density at radius 2 is 2.00 bits per heavy atom. The van der Waals surface area contributed by atoms with Crippen LogP contribution in [-0.2, 0) is 7.05 Å². The minimum absolute atomic E-state index is 0.118. The summed E-state index contributed by atoms with van der Waals surface area (Å²) in [5, 5.41) is 13.9. The van der Waals surface area contributed by atoms with Gasteiger partial charge < -0.3 is 19.9 Å². The topological polar surface area (TPSA) is 83.3 Å². The lowest BCUT2D eigenvalue weighted by Crippen LogP contribution is -2.55. The van der Waals surface area contributed by atoms with Gasteiger partial charge >= 0.3 is 0 Å². The lowest BCUT2D eigenvalue weighted by atomic mass is 9.96. The minimum Gasteiger partial charge on any atom is -0.507 e. The maximum absolute atomic E-state index is 14.9. The number of pyridine rings is 1. The molecule has 2 saturated heterocycles. The van der Waals surface area contributed by atoms with Crippen molar-refractivity contribution >= 4 is 5.82 Å². The van der Waals surface area contributed by atoms with Gasteiger partial charge in [0, 0.05) is 49.6 Å². The van der Waals surface area contributed by atoms with Crippen molar-refractivity contribution < 1.29 is 13.9 Å². The molecular weight excluding hydrogens is 428 g/mol. The molecule has 0 radical (unpaired) electrons. The van der Waals surface area contributed by atoms with E-state index in [1.54, 1.807) is 19.3 Å². The first-order valence-corrected chi connectivity index (χ1v) is 11.0. The predicted molar refractivity (Wildman–Crippen MR) is 121 cm³/mol. The number of halogens is 2. The molecule has 0 amide bonds. The van der Waals surface area contributed by atoms with E-state index in [-0.39, 0.29) is 34.5 Å². The van der Waals surface area contributed by atoms with Crippen LogP contribution in [0.2, 0.25) is 0 Å². The van der Waals surface area contributed by atoms with Crippen molar-refractivity contribution in [1.82, 2.24) is 19.9 Å². The molecule has 5 rings (SSSR count). The van der Waals surface area contributed by atoms with Crippen LogP contribution in [0.25, 0.3) is 22.4 Å². The van der Waals surface area contributed by atoms with E-state index in [0.717, 1.165) is 12.8 Å². The van der Waals surface area contributed by atoms with E-state index < -0.39 is 12.0 Å². The molecule has 2 N–H and O–H groups in total. The van der Waals surface area contributed by atoms with E-state index in [4.69, 9.17) is 0 Å². The van der Waals surface area contributed by atoms with Crippen molar-refractivity contribution in [2.24, 2.45) is 7.05 Å². The first kappa shape index (κ1) is 21.5. The molecule has 2 fully saturated rings. The van der Waals surface area contributed by atoms with Gasteiger partial charge in [0.05, 0.1) is 24.1 Å². The van der Waals surface area contributed by atoms with Crippen molar-refractivity contribution in [2.45, 2.75) is 43.6 Å². The molecule has 1 aromatic carbocycles. The molecule has 4 heterocycles. The Kier molecular flexibility index (Phi) is 5.36. The highest BCUT2D eigenvalue weighted by Crippen LogP contribution is 2.36. The number of fused-ring (bicyclic) bond motifs is 2. The Morgan fingerprint density at radius 3 is 2.73 bits per heavy atom. The Hall–Kier alpha value is -3.33. The summed E-state index contributed by atoms with van der Waals surface area (Å²) in [6.07, 6.45) is 6.04. The average molecular weight is 453 g/mol. The van der Waals surface area contributed by atoms with Crippen molar-refractivity contribution in [3.63, 3.8) is 0 Å². The first-order valence-electron chi connectivity index (χ1n) is 11.0. The van der Waals surface area contributed by atoms with Gasteiger partial charge in [-0.1, -0.05) is 0 Å². The quantitative estimate of drug-likeness (QED) is 0.632. The molecule has 0 aliphatic carbocycles. The summed E-state index contributed by atoms with van der Waals surface area (Å²) in [5.74, 6) is -0.254. The number of nitrogens with one attached hydrogen (secondary N) is 1. The van der Waals surface area contributed by atoms with Gasteiger partial charge in [-0.3, -0.25) is 9.78 Å². The molecular formula is C24H25F2N5O2. The van der Waals surface area contributed by atoms with Crippen LogP contribution >= 0.6 is 0 Å². The normalized spacial score (nSPS) is 24.1. The lowest BCUT2D eigenvalue weighted by molar-refractivity contribution is 0.176. The van der Waals surface area contributed by atoms with Gasteiger partial charge in [-0.15, -0.1) is 0 Å². The maximum Gasteiger partial charge on any atom is 0.250 e. The molecule has 172 valence electrons. The van der Waals surface area contributed by atoms with Gasteiger partial charge in [0.2, 0.25) is 0 Å². The molecule has 2 aliphatic heterocycles. The molecule has 3 aromatic rings. The molecule has 2 unspecified atom stereocenters. The Morgan fingerprint density at radius 1 is 1.18 bits per heavy atom. The Balaban J connectivity index is 1.40. The number of anilines is 1. The summed E-state index contributed by atoms with van der Waals surface area (Å²) in [5.41, 5.74) is 0.689. The minimum atomic E-state index is -0.990. The Bertz CT molecular complexity index is 1250. The van der Waals surface area contributed by atoms with Gasteiger partial charge in [-0.25, -0.2) is 13.8 Å². The average Bonchev–Trinajstić information content (AvgIpc) is 3.22. The summed E-state index contributed by atoms with van der Waals surface area (Å²) < 4.78 is 31.2. The predicted octanol–water partition coefficient (Wildman–Crippen LogP) is 3.02. The lowest BCUT2D eigenvalue weighted by Gasteiger charge is -2.38. The van der Waals surface area contributed by atoms with E-state index in [0.29, 0.717) is 29.5 Å². The zero-order chi connectivity index (χ0) is 23.3. The maximum atomic E-state index is 14.9. The van der Waals surface area contributed by atoms with Gasteiger partial charge in [-0.2, -0.15) is 0 Å². The van der Waals surface area contributed by atoms with Gasteiger partial charge in [0.1, 0.15) is 23.6 Å². The van der Waals surface area contributed by atoms with Crippen LogP contribution in [0.3, 0.4) is 0 Å². The standard InChI is InChI=1S/C24H25F2N5O2/c1-30-6-5-13(7-23(30)33)15-10-21(32)16(9-17(15)25)19-11-28-22(12-27-19)31(2)20-8-14-3-4-18(29-14)24(20)26/h5-7,9-12,14,18,20,24,29,32H,3-4,8H2,1-2H3/t14-,18+,20?,24?/m1/s1. The van der Waals surface area contributed by atoms with Crippen molar-refractivity contribution in [3.05, 3.63) is 59.0 Å². The SMILES string of the molecule is CN(c1cnc(-c2cc(F)c(-c3ccn(C)c(=O)c3)cc2O)cn1)C1C[C@H]2CC[C@H](N2)C1F. The fourth-order valence-electron chi connectivity index (χ4n) is 4.87. The number of aromatic nitrogens is 3. The molecule has 2 aliphatic rings. The summed E-state index contributed by atoms with van der Waals surface area (Å²) in [6, 6.07) is 5.29. The summed E-state index contributed by atoms with van der Waals surface area (Å²) >= 11 is 0. The summed E-state index contributed by atoms with van der Waals surface area (Å²) in [6.45, 7) is 0. The summed E-state index contributed by atoms with van der Waals surface area (Å²) in [7, 11) is 3.41. The third kappa shape index (κ3) is 3.86. The highest BCUT2D eigenvalue weighted by molar-refractivity contribution is 5.74. The highest BCUT2D eigenvalue weighted by Gasteiger charge is 2.43. The molecule has 9 heteroatoms. The van der Waals surface area contributed by atoms with E-state index in [1.165, 1.54) is 35.2 Å². The number of aryl methyl sites for hydroxylation is 1. The molecule has 7 nitrogen and oxygen atoms in total. The van der Waals surface area contributed by atoms with Crippen LogP contribution in [0.1, 0.15) is 19.3 Å². The van der Waals surface area contributed by atoms with Crippen LogP contribution in [-0.4, -0.2) is 51.0 Å². The van der Waals surface area contributed by atoms with E-state index >= 15 is 0 Å². The fraction of sp³-hybridized carbons (Fsp3) is 0.375. The monoisotopic (exact) mass is 453 g/mol. The number of nitrogens with zero attached hydrogens (tertiary/aromatic N) is 4. The Labute approximate surface area is 189 Å². The number of phenols is 1. The fourth-order valence-corrected chi connectivity index (χ4v) is 4.87. The van der Waals surface area contributed by atoms with E-state index in [9.17, 15) is 18.7 Å². The second kappa shape index (κ2) is 8.22.